The van der Waals surface area contributed by atoms with Crippen LogP contribution in [0.25, 0.3) is 21.0 Å². The summed E-state index contributed by atoms with van der Waals surface area (Å²) in [7, 11) is 0. The van der Waals surface area contributed by atoms with E-state index in [-0.39, 0.29) is 5.91 Å². The quantitative estimate of drug-likeness (QED) is 0.434. The van der Waals surface area contributed by atoms with Crippen LogP contribution >= 0.6 is 11.3 Å². The number of hydrogen-bond donors (Lipinski definition) is 0. The fourth-order valence-electron chi connectivity index (χ4n) is 4.24. The fourth-order valence-corrected chi connectivity index (χ4v) is 5.38. The van der Waals surface area contributed by atoms with Crippen LogP contribution in [0, 0.1) is 0 Å². The summed E-state index contributed by atoms with van der Waals surface area (Å²) in [6, 6.07) is 23.2. The molecule has 5 rings (SSSR count). The molecular formula is C25H24N2OS. The summed E-state index contributed by atoms with van der Waals surface area (Å²) in [4.78, 5) is 19.6. The van der Waals surface area contributed by atoms with E-state index >= 15 is 0 Å². The Balaban J connectivity index is 1.17. The molecule has 4 heteroatoms. The zero-order chi connectivity index (χ0) is 19.6. The van der Waals surface area contributed by atoms with Crippen molar-refractivity contribution in [1.29, 1.82) is 0 Å². The summed E-state index contributed by atoms with van der Waals surface area (Å²) in [6.07, 6.45) is 3.43. The summed E-state index contributed by atoms with van der Waals surface area (Å²) in [5.74, 6) is 0.762. The maximum Gasteiger partial charge on any atom is 0.222 e. The summed E-state index contributed by atoms with van der Waals surface area (Å²) >= 11 is 1.81. The Morgan fingerprint density at radius 1 is 0.966 bits per heavy atom. The van der Waals surface area contributed by atoms with Gasteiger partial charge in [0.1, 0.15) is 0 Å². The van der Waals surface area contributed by atoms with Crippen LogP contribution in [-0.4, -0.2) is 28.9 Å². The van der Waals surface area contributed by atoms with E-state index in [1.165, 1.54) is 26.0 Å². The zero-order valence-electron chi connectivity index (χ0n) is 16.4. The van der Waals surface area contributed by atoms with Crippen molar-refractivity contribution in [2.45, 2.75) is 31.6 Å². The number of thiazole rings is 1. The van der Waals surface area contributed by atoms with Gasteiger partial charge in [0.05, 0.1) is 15.2 Å². The highest BCUT2D eigenvalue weighted by molar-refractivity contribution is 7.18. The number of para-hydroxylation sites is 1. The molecule has 146 valence electrons. The number of aryl methyl sites for hydroxylation is 1. The van der Waals surface area contributed by atoms with Crippen molar-refractivity contribution >= 4 is 38.2 Å². The van der Waals surface area contributed by atoms with Crippen LogP contribution in [0.3, 0.4) is 0 Å². The number of carbonyl (C=O) groups is 1. The molecule has 1 aliphatic rings. The van der Waals surface area contributed by atoms with Gasteiger partial charge in [-0.2, -0.15) is 0 Å². The lowest BCUT2D eigenvalue weighted by Crippen LogP contribution is -2.38. The Labute approximate surface area is 175 Å². The first-order valence-electron chi connectivity index (χ1n) is 10.4. The molecule has 0 spiro atoms. The van der Waals surface area contributed by atoms with E-state index in [9.17, 15) is 4.79 Å². The van der Waals surface area contributed by atoms with Crippen molar-refractivity contribution in [2.24, 2.45) is 0 Å². The third kappa shape index (κ3) is 3.90. The molecular weight excluding hydrogens is 376 g/mol. The summed E-state index contributed by atoms with van der Waals surface area (Å²) in [5.41, 5.74) is 2.34. The highest BCUT2D eigenvalue weighted by Crippen LogP contribution is 2.34. The SMILES string of the molecule is O=C(CCc1ccc2ccccc2c1)N1CCC(c2nc3ccccc3s2)CC1. The number of rotatable bonds is 4. The molecule has 3 aromatic carbocycles. The van der Waals surface area contributed by atoms with Crippen LogP contribution in [0.5, 0.6) is 0 Å². The highest BCUT2D eigenvalue weighted by Gasteiger charge is 2.25. The molecule has 29 heavy (non-hydrogen) atoms. The van der Waals surface area contributed by atoms with E-state index in [1.807, 2.05) is 22.3 Å². The Bertz CT molecular complexity index is 1120. The lowest BCUT2D eigenvalue weighted by molar-refractivity contribution is -0.132. The minimum absolute atomic E-state index is 0.279. The van der Waals surface area contributed by atoms with E-state index in [0.717, 1.165) is 37.9 Å². The van der Waals surface area contributed by atoms with Gasteiger partial charge in [-0.15, -0.1) is 11.3 Å². The third-order valence-electron chi connectivity index (χ3n) is 5.95. The third-order valence-corrected chi connectivity index (χ3v) is 7.15. The molecule has 2 heterocycles. The Kier molecular flexibility index (Phi) is 5.03. The molecule has 0 aliphatic carbocycles. The minimum atomic E-state index is 0.279. The van der Waals surface area contributed by atoms with Crippen molar-refractivity contribution in [3.05, 3.63) is 77.3 Å². The van der Waals surface area contributed by atoms with Gasteiger partial charge in [0.25, 0.3) is 0 Å². The highest BCUT2D eigenvalue weighted by atomic mass is 32.1. The zero-order valence-corrected chi connectivity index (χ0v) is 17.2. The molecule has 0 saturated carbocycles. The van der Waals surface area contributed by atoms with Gasteiger partial charge in [-0.25, -0.2) is 4.98 Å². The van der Waals surface area contributed by atoms with E-state index in [2.05, 4.69) is 60.7 Å². The molecule has 1 aromatic heterocycles. The minimum Gasteiger partial charge on any atom is -0.343 e. The van der Waals surface area contributed by atoms with Gasteiger partial charge in [0, 0.05) is 25.4 Å². The van der Waals surface area contributed by atoms with E-state index < -0.39 is 0 Å². The molecule has 1 fully saturated rings. The second kappa shape index (κ2) is 7.96. The lowest BCUT2D eigenvalue weighted by Gasteiger charge is -2.31. The number of benzene rings is 3. The van der Waals surface area contributed by atoms with Crippen molar-refractivity contribution in [3.63, 3.8) is 0 Å². The van der Waals surface area contributed by atoms with Gasteiger partial charge >= 0.3 is 0 Å². The van der Waals surface area contributed by atoms with Crippen LogP contribution in [0.4, 0.5) is 0 Å². The van der Waals surface area contributed by atoms with Gasteiger partial charge in [-0.05, 0) is 47.7 Å². The molecule has 0 atom stereocenters. The molecule has 4 aromatic rings. The van der Waals surface area contributed by atoms with Crippen LogP contribution in [-0.2, 0) is 11.2 Å². The molecule has 1 aliphatic heterocycles. The standard InChI is InChI=1S/C25H24N2OS/c28-24(12-10-18-9-11-19-5-1-2-6-21(19)17-18)27-15-13-20(14-16-27)25-26-22-7-3-4-8-23(22)29-25/h1-9,11,17,20H,10,12-16H2. The molecule has 0 N–H and O–H groups in total. The predicted molar refractivity (Wildman–Crippen MR) is 120 cm³/mol. The van der Waals surface area contributed by atoms with Crippen molar-refractivity contribution < 1.29 is 4.79 Å². The Morgan fingerprint density at radius 2 is 1.72 bits per heavy atom. The predicted octanol–water partition coefficient (Wildman–Crippen LogP) is 5.79. The first-order valence-corrected chi connectivity index (χ1v) is 11.2. The van der Waals surface area contributed by atoms with Gasteiger partial charge in [0.2, 0.25) is 5.91 Å². The smallest absolute Gasteiger partial charge is 0.222 e. The topological polar surface area (TPSA) is 33.2 Å². The maximum atomic E-state index is 12.7. The summed E-state index contributed by atoms with van der Waals surface area (Å²) < 4.78 is 1.26. The largest absolute Gasteiger partial charge is 0.343 e. The molecule has 0 bridgehead atoms. The number of piperidine rings is 1. The second-order valence-electron chi connectivity index (χ2n) is 7.86. The lowest BCUT2D eigenvalue weighted by atomic mass is 9.97. The van der Waals surface area contributed by atoms with Gasteiger partial charge in [0.15, 0.2) is 0 Å². The summed E-state index contributed by atoms with van der Waals surface area (Å²) in [6.45, 7) is 1.69. The molecule has 0 unspecified atom stereocenters. The first kappa shape index (κ1) is 18.3. The molecule has 1 amide bonds. The average molecular weight is 401 g/mol. The number of carbonyl (C=O) groups excluding carboxylic acids is 1. The number of aromatic nitrogens is 1. The Hall–Kier alpha value is -2.72. The summed E-state index contributed by atoms with van der Waals surface area (Å²) in [5, 5.41) is 3.73. The van der Waals surface area contributed by atoms with Crippen LogP contribution in [0.1, 0.15) is 35.8 Å². The number of amides is 1. The van der Waals surface area contributed by atoms with Crippen molar-refractivity contribution in [3.8, 4) is 0 Å². The normalized spacial score (nSPS) is 15.2. The van der Waals surface area contributed by atoms with Gasteiger partial charge < -0.3 is 4.90 Å². The molecule has 1 saturated heterocycles. The first-order chi connectivity index (χ1) is 14.3. The van der Waals surface area contributed by atoms with Crippen LogP contribution in [0.15, 0.2) is 66.7 Å². The molecule has 0 radical (unpaired) electrons. The molecule has 3 nitrogen and oxygen atoms in total. The van der Waals surface area contributed by atoms with E-state index in [1.54, 1.807) is 0 Å². The van der Waals surface area contributed by atoms with Gasteiger partial charge in [-0.3, -0.25) is 4.79 Å². The van der Waals surface area contributed by atoms with Crippen LogP contribution in [0.2, 0.25) is 0 Å². The average Bonchev–Trinajstić information content (AvgIpc) is 3.22. The van der Waals surface area contributed by atoms with E-state index in [4.69, 9.17) is 4.98 Å². The second-order valence-corrected chi connectivity index (χ2v) is 8.92. The van der Waals surface area contributed by atoms with Gasteiger partial charge in [-0.1, -0.05) is 54.6 Å². The number of nitrogens with zero attached hydrogens (tertiary/aromatic N) is 2. The van der Waals surface area contributed by atoms with Crippen molar-refractivity contribution in [1.82, 2.24) is 9.88 Å². The number of fused-ring (bicyclic) bond motifs is 2. The number of hydrogen-bond acceptors (Lipinski definition) is 3. The van der Waals surface area contributed by atoms with Crippen molar-refractivity contribution in [2.75, 3.05) is 13.1 Å². The maximum absolute atomic E-state index is 12.7. The fraction of sp³-hybridized carbons (Fsp3) is 0.280. The van der Waals surface area contributed by atoms with Crippen LogP contribution < -0.4 is 0 Å². The van der Waals surface area contributed by atoms with E-state index in [0.29, 0.717) is 12.3 Å². The Morgan fingerprint density at radius 3 is 2.55 bits per heavy atom. The monoisotopic (exact) mass is 400 g/mol. The number of likely N-dealkylation sites (tertiary alicyclic amines) is 1.